The van der Waals surface area contributed by atoms with Crippen LogP contribution < -0.4 is 4.74 Å². The highest BCUT2D eigenvalue weighted by molar-refractivity contribution is 9.10. The smallest absolute Gasteiger partial charge is 0.309 e. The number of hydrogen-bond donors (Lipinski definition) is 0. The van der Waals surface area contributed by atoms with Crippen molar-refractivity contribution >= 4 is 21.9 Å². The summed E-state index contributed by atoms with van der Waals surface area (Å²) < 4.78 is 24.5. The highest BCUT2D eigenvalue weighted by Crippen LogP contribution is 2.18. The van der Waals surface area contributed by atoms with Crippen LogP contribution in [0.1, 0.15) is 11.1 Å². The molecule has 0 aliphatic rings. The Morgan fingerprint density at radius 1 is 1.19 bits per heavy atom. The summed E-state index contributed by atoms with van der Waals surface area (Å²) in [7, 11) is 1.35. The third kappa shape index (κ3) is 4.56. The van der Waals surface area contributed by atoms with Gasteiger partial charge in [0.15, 0.2) is 0 Å². The predicted octanol–water partition coefficient (Wildman–Crippen LogP) is 3.88. The van der Waals surface area contributed by atoms with Crippen LogP contribution >= 0.6 is 15.9 Å². The van der Waals surface area contributed by atoms with Crippen LogP contribution in [0.5, 0.6) is 5.75 Å². The maximum Gasteiger partial charge on any atom is 0.309 e. The summed E-state index contributed by atoms with van der Waals surface area (Å²) in [5.41, 5.74) is 1.32. The van der Waals surface area contributed by atoms with Gasteiger partial charge in [0.25, 0.3) is 0 Å². The van der Waals surface area contributed by atoms with E-state index in [0.717, 1.165) is 5.56 Å². The zero-order chi connectivity index (χ0) is 15.2. The zero-order valence-electron chi connectivity index (χ0n) is 11.4. The Hall–Kier alpha value is -1.88. The fourth-order valence-corrected chi connectivity index (χ4v) is 2.08. The number of carbonyl (C=O) groups is 1. The Morgan fingerprint density at radius 3 is 2.52 bits per heavy atom. The van der Waals surface area contributed by atoms with E-state index in [2.05, 4.69) is 20.7 Å². The summed E-state index contributed by atoms with van der Waals surface area (Å²) in [4.78, 5) is 11.1. The minimum absolute atomic E-state index is 0.148. The molecule has 0 spiro atoms. The molecular formula is C16H14BrFO3. The Kier molecular flexibility index (Phi) is 5.33. The van der Waals surface area contributed by atoms with E-state index in [0.29, 0.717) is 15.8 Å². The van der Waals surface area contributed by atoms with Gasteiger partial charge in [-0.1, -0.05) is 34.1 Å². The molecule has 0 heterocycles. The summed E-state index contributed by atoms with van der Waals surface area (Å²) in [6, 6.07) is 11.9. The van der Waals surface area contributed by atoms with E-state index < -0.39 is 0 Å². The number of rotatable bonds is 5. The second-order valence-electron chi connectivity index (χ2n) is 4.42. The molecule has 0 aliphatic carbocycles. The second kappa shape index (κ2) is 7.22. The first-order valence-electron chi connectivity index (χ1n) is 6.31. The van der Waals surface area contributed by atoms with Crippen molar-refractivity contribution in [1.82, 2.24) is 0 Å². The molecule has 0 radical (unpaired) electrons. The number of hydrogen-bond acceptors (Lipinski definition) is 3. The second-order valence-corrected chi connectivity index (χ2v) is 5.34. The number of ether oxygens (including phenoxy) is 2. The van der Waals surface area contributed by atoms with Gasteiger partial charge in [-0.2, -0.15) is 0 Å². The van der Waals surface area contributed by atoms with E-state index >= 15 is 0 Å². The molecule has 0 N–H and O–H groups in total. The highest BCUT2D eigenvalue weighted by atomic mass is 79.9. The van der Waals surface area contributed by atoms with Crippen molar-refractivity contribution in [2.75, 3.05) is 7.11 Å². The van der Waals surface area contributed by atoms with Crippen LogP contribution in [0.25, 0.3) is 0 Å². The summed E-state index contributed by atoms with van der Waals surface area (Å²) >= 11 is 3.21. The molecular weight excluding hydrogens is 339 g/mol. The molecule has 2 aromatic carbocycles. The standard InChI is InChI=1S/C16H14BrFO3/c1-20-16(19)8-11-2-6-14(7-3-11)21-10-12-4-5-13(17)9-15(12)18/h2-7,9H,8,10H2,1H3. The molecule has 5 heteroatoms. The van der Waals surface area contributed by atoms with E-state index in [-0.39, 0.29) is 24.8 Å². The summed E-state index contributed by atoms with van der Waals surface area (Å²) in [5, 5.41) is 0. The van der Waals surface area contributed by atoms with Crippen molar-refractivity contribution < 1.29 is 18.7 Å². The topological polar surface area (TPSA) is 35.5 Å². The van der Waals surface area contributed by atoms with Crippen LogP contribution in [-0.4, -0.2) is 13.1 Å². The van der Waals surface area contributed by atoms with Gasteiger partial charge in [0.05, 0.1) is 13.5 Å². The van der Waals surface area contributed by atoms with E-state index in [1.54, 1.807) is 36.4 Å². The number of benzene rings is 2. The molecule has 0 unspecified atom stereocenters. The van der Waals surface area contributed by atoms with Gasteiger partial charge in [0.2, 0.25) is 0 Å². The number of carbonyl (C=O) groups excluding carboxylic acids is 1. The summed E-state index contributed by atoms with van der Waals surface area (Å²) in [5.74, 6) is 0.0122. The van der Waals surface area contributed by atoms with Gasteiger partial charge in [-0.15, -0.1) is 0 Å². The molecule has 0 bridgehead atoms. The Labute approximate surface area is 130 Å². The maximum absolute atomic E-state index is 13.6. The average Bonchev–Trinajstić information content (AvgIpc) is 2.48. The lowest BCUT2D eigenvalue weighted by atomic mass is 10.1. The van der Waals surface area contributed by atoms with E-state index in [4.69, 9.17) is 4.74 Å². The Bertz CT molecular complexity index is 626. The van der Waals surface area contributed by atoms with E-state index in [9.17, 15) is 9.18 Å². The predicted molar refractivity (Wildman–Crippen MR) is 80.6 cm³/mol. The Morgan fingerprint density at radius 2 is 1.90 bits per heavy atom. The first kappa shape index (κ1) is 15.5. The molecule has 0 atom stereocenters. The van der Waals surface area contributed by atoms with Crippen molar-refractivity contribution in [3.05, 3.63) is 63.9 Å². The third-order valence-corrected chi connectivity index (χ3v) is 3.40. The first-order chi connectivity index (χ1) is 10.1. The SMILES string of the molecule is COC(=O)Cc1ccc(OCc2ccc(Br)cc2F)cc1. The lowest BCUT2D eigenvalue weighted by molar-refractivity contribution is -0.139. The van der Waals surface area contributed by atoms with Gasteiger partial charge in [-0.25, -0.2) is 4.39 Å². The number of halogens is 2. The van der Waals surface area contributed by atoms with E-state index in [1.165, 1.54) is 13.2 Å². The molecule has 0 saturated heterocycles. The molecule has 2 rings (SSSR count). The Balaban J connectivity index is 1.96. The molecule has 2 aromatic rings. The normalized spacial score (nSPS) is 10.2. The van der Waals surface area contributed by atoms with Gasteiger partial charge in [-0.05, 0) is 29.8 Å². The van der Waals surface area contributed by atoms with Crippen LogP contribution in [0.15, 0.2) is 46.9 Å². The van der Waals surface area contributed by atoms with Crippen LogP contribution in [0.4, 0.5) is 4.39 Å². The quantitative estimate of drug-likeness (QED) is 0.766. The van der Waals surface area contributed by atoms with Gasteiger partial charge in [0, 0.05) is 10.0 Å². The minimum atomic E-state index is -0.313. The lowest BCUT2D eigenvalue weighted by Gasteiger charge is -2.08. The van der Waals surface area contributed by atoms with E-state index in [1.807, 2.05) is 0 Å². The molecule has 0 amide bonds. The maximum atomic E-state index is 13.6. The first-order valence-corrected chi connectivity index (χ1v) is 7.10. The molecule has 0 aliphatic heterocycles. The molecule has 0 aromatic heterocycles. The largest absolute Gasteiger partial charge is 0.489 e. The molecule has 0 saturated carbocycles. The molecule has 110 valence electrons. The van der Waals surface area contributed by atoms with Crippen molar-refractivity contribution in [2.45, 2.75) is 13.0 Å². The third-order valence-electron chi connectivity index (χ3n) is 2.91. The monoisotopic (exact) mass is 352 g/mol. The van der Waals surface area contributed by atoms with Crippen molar-refractivity contribution in [1.29, 1.82) is 0 Å². The van der Waals surface area contributed by atoms with Crippen LogP contribution in [0.3, 0.4) is 0 Å². The van der Waals surface area contributed by atoms with Gasteiger partial charge >= 0.3 is 5.97 Å². The van der Waals surface area contributed by atoms with Crippen molar-refractivity contribution in [3.63, 3.8) is 0 Å². The van der Waals surface area contributed by atoms with Gasteiger partial charge in [-0.3, -0.25) is 4.79 Å². The van der Waals surface area contributed by atoms with Crippen LogP contribution in [0.2, 0.25) is 0 Å². The number of methoxy groups -OCH3 is 1. The minimum Gasteiger partial charge on any atom is -0.489 e. The average molecular weight is 353 g/mol. The van der Waals surface area contributed by atoms with Crippen molar-refractivity contribution in [2.24, 2.45) is 0 Å². The lowest BCUT2D eigenvalue weighted by Crippen LogP contribution is -2.04. The molecule has 0 fully saturated rings. The highest BCUT2D eigenvalue weighted by Gasteiger charge is 2.05. The summed E-state index contributed by atoms with van der Waals surface area (Å²) in [6.07, 6.45) is 0.220. The fourth-order valence-electron chi connectivity index (χ4n) is 1.74. The van der Waals surface area contributed by atoms with Crippen molar-refractivity contribution in [3.8, 4) is 5.75 Å². The summed E-state index contributed by atoms with van der Waals surface area (Å²) in [6.45, 7) is 0.148. The van der Waals surface area contributed by atoms with Crippen LogP contribution in [-0.2, 0) is 22.6 Å². The number of esters is 1. The van der Waals surface area contributed by atoms with Crippen LogP contribution in [0, 0.1) is 5.82 Å². The molecule has 3 nitrogen and oxygen atoms in total. The molecule has 21 heavy (non-hydrogen) atoms. The zero-order valence-corrected chi connectivity index (χ0v) is 13.0. The fraction of sp³-hybridized carbons (Fsp3) is 0.188. The van der Waals surface area contributed by atoms with Gasteiger partial charge < -0.3 is 9.47 Å². The van der Waals surface area contributed by atoms with Gasteiger partial charge in [0.1, 0.15) is 18.2 Å².